The molecule has 9 nitrogen and oxygen atoms in total. The molecule has 1 aromatic rings. The third kappa shape index (κ3) is 5.75. The molecule has 9 heteroatoms. The van der Waals surface area contributed by atoms with Gasteiger partial charge in [-0.25, -0.2) is 9.97 Å². The molecule has 1 aromatic heterocycles. The van der Waals surface area contributed by atoms with Crippen molar-refractivity contribution in [2.24, 2.45) is 11.3 Å². The molecule has 2 aliphatic carbocycles. The number of hydrogen-bond donors (Lipinski definition) is 0. The van der Waals surface area contributed by atoms with E-state index in [4.69, 9.17) is 9.97 Å². The van der Waals surface area contributed by atoms with Gasteiger partial charge in [-0.3, -0.25) is 9.59 Å². The number of piperazine rings is 1. The Morgan fingerprint density at radius 2 is 1.69 bits per heavy atom. The van der Waals surface area contributed by atoms with Gasteiger partial charge in [0.2, 0.25) is 11.7 Å². The van der Waals surface area contributed by atoms with Crippen LogP contribution in [-0.2, 0) is 17.8 Å². The molecule has 4 atom stereocenters. The predicted octanol–water partition coefficient (Wildman–Crippen LogP) is 4.21. The number of fused-ring (bicyclic) bond motifs is 2. The maximum atomic E-state index is 14.1. The number of rotatable bonds is 4. The molecule has 2 saturated heterocycles. The highest BCUT2D eigenvalue weighted by molar-refractivity contribution is 5.91. The summed E-state index contributed by atoms with van der Waals surface area (Å²) in [5.41, 5.74) is 4.61. The Labute approximate surface area is 268 Å². The van der Waals surface area contributed by atoms with Gasteiger partial charge in [-0.05, 0) is 79.2 Å². The topological polar surface area (TPSA) is 76.1 Å². The van der Waals surface area contributed by atoms with Gasteiger partial charge >= 0.3 is 0 Å². The van der Waals surface area contributed by atoms with Crippen LogP contribution >= 0.6 is 0 Å². The quantitative estimate of drug-likeness (QED) is 0.473. The zero-order chi connectivity index (χ0) is 31.9. The Morgan fingerprint density at radius 1 is 0.978 bits per heavy atom. The second kappa shape index (κ2) is 12.6. The van der Waals surface area contributed by atoms with Crippen molar-refractivity contribution >= 4 is 17.6 Å². The van der Waals surface area contributed by atoms with Crippen molar-refractivity contribution in [2.75, 3.05) is 57.8 Å². The zero-order valence-electron chi connectivity index (χ0n) is 27.7. The Balaban J connectivity index is 1.36. The molecule has 0 radical (unpaired) electrons. The summed E-state index contributed by atoms with van der Waals surface area (Å²) in [6.45, 7) is 18.6. The first-order valence-corrected chi connectivity index (χ1v) is 16.7. The van der Waals surface area contributed by atoms with Crippen molar-refractivity contribution in [3.8, 4) is 0 Å². The van der Waals surface area contributed by atoms with Crippen LogP contribution in [0.4, 0.5) is 5.82 Å². The lowest BCUT2D eigenvalue weighted by Gasteiger charge is -2.48. The number of carbonyl (C=O) groups excluding carboxylic acids is 2. The maximum absolute atomic E-state index is 14.1. The fourth-order valence-electron chi connectivity index (χ4n) is 7.88. The summed E-state index contributed by atoms with van der Waals surface area (Å²) in [7, 11) is 2.15. The first-order chi connectivity index (χ1) is 21.6. The molecule has 0 bridgehead atoms. The van der Waals surface area contributed by atoms with E-state index in [1.54, 1.807) is 0 Å². The monoisotopic (exact) mass is 611 g/mol. The molecule has 0 spiro atoms. The fraction of sp³-hybridized carbons (Fsp3) is 0.556. The summed E-state index contributed by atoms with van der Waals surface area (Å²) in [5, 5.41) is 0. The molecule has 4 heterocycles. The highest BCUT2D eigenvalue weighted by Gasteiger charge is 2.43. The lowest BCUT2D eigenvalue weighted by atomic mass is 9.64. The minimum atomic E-state index is -0.120. The van der Waals surface area contributed by atoms with Crippen molar-refractivity contribution < 1.29 is 9.59 Å². The largest absolute Gasteiger partial charge is 0.368 e. The van der Waals surface area contributed by atoms with E-state index >= 15 is 0 Å². The van der Waals surface area contributed by atoms with Gasteiger partial charge in [-0.2, -0.15) is 0 Å². The molecule has 45 heavy (non-hydrogen) atoms. The van der Waals surface area contributed by atoms with Gasteiger partial charge in [-0.15, -0.1) is 0 Å². The van der Waals surface area contributed by atoms with Crippen LogP contribution in [0.1, 0.15) is 62.4 Å². The molecule has 5 aliphatic rings. The van der Waals surface area contributed by atoms with Gasteiger partial charge < -0.3 is 24.5 Å². The molecular weight excluding hydrogens is 562 g/mol. The number of hydrogen-bond acceptors (Lipinski definition) is 7. The average molecular weight is 612 g/mol. The molecule has 2 unspecified atom stereocenters. The Kier molecular flexibility index (Phi) is 8.74. The molecule has 6 rings (SSSR count). The third-order valence-electron chi connectivity index (χ3n) is 10.8. The molecule has 2 fully saturated rings. The highest BCUT2D eigenvalue weighted by Crippen LogP contribution is 2.49. The number of carbonyl (C=O) groups is 2. The number of nitrogens with zero attached hydrogens (tertiary/aromatic N) is 7. The molecular formula is C36H49N7O2. The maximum Gasteiger partial charge on any atom is 0.291 e. The van der Waals surface area contributed by atoms with Crippen LogP contribution in [-0.4, -0.2) is 106 Å². The summed E-state index contributed by atoms with van der Waals surface area (Å²) >= 11 is 0. The molecule has 0 N–H and O–H groups in total. The van der Waals surface area contributed by atoms with Crippen molar-refractivity contribution in [3.05, 3.63) is 77.5 Å². The van der Waals surface area contributed by atoms with E-state index in [0.717, 1.165) is 56.0 Å². The second-order valence-electron chi connectivity index (χ2n) is 13.7. The van der Waals surface area contributed by atoms with Crippen LogP contribution in [0.3, 0.4) is 0 Å². The van der Waals surface area contributed by atoms with Crippen LogP contribution in [0.2, 0.25) is 0 Å². The number of allylic oxidation sites excluding steroid dienone is 7. The number of anilines is 1. The second-order valence-corrected chi connectivity index (χ2v) is 13.7. The first-order valence-electron chi connectivity index (χ1n) is 16.7. The first kappa shape index (κ1) is 31.3. The van der Waals surface area contributed by atoms with E-state index in [2.05, 4.69) is 92.5 Å². The van der Waals surface area contributed by atoms with Gasteiger partial charge in [0.05, 0.1) is 12.2 Å². The van der Waals surface area contributed by atoms with Crippen molar-refractivity contribution in [3.63, 3.8) is 0 Å². The van der Waals surface area contributed by atoms with Gasteiger partial charge in [0, 0.05) is 67.4 Å². The minimum Gasteiger partial charge on any atom is -0.368 e. The molecule has 240 valence electrons. The van der Waals surface area contributed by atoms with E-state index < -0.39 is 0 Å². The van der Waals surface area contributed by atoms with E-state index in [-0.39, 0.29) is 29.3 Å². The van der Waals surface area contributed by atoms with Gasteiger partial charge in [0.25, 0.3) is 5.91 Å². The summed E-state index contributed by atoms with van der Waals surface area (Å²) in [5.74, 6) is 1.34. The normalized spacial score (nSPS) is 28.9. The smallest absolute Gasteiger partial charge is 0.291 e. The minimum absolute atomic E-state index is 0.00640. The van der Waals surface area contributed by atoms with Crippen molar-refractivity contribution in [1.82, 2.24) is 29.6 Å². The molecule has 2 amide bonds. The number of aromatic nitrogens is 2. The van der Waals surface area contributed by atoms with Crippen LogP contribution < -0.4 is 4.90 Å². The van der Waals surface area contributed by atoms with Crippen molar-refractivity contribution in [1.29, 1.82) is 0 Å². The molecule has 0 saturated carbocycles. The number of amides is 2. The molecule has 0 aromatic carbocycles. The van der Waals surface area contributed by atoms with Crippen LogP contribution in [0.5, 0.6) is 0 Å². The lowest BCUT2D eigenvalue weighted by Crippen LogP contribution is -2.58. The SMILES string of the molecule is C=CC(=O)N1C[C@H](C)N(c2nc(C(=O)N3CCCN(C)CCC3)nc3c2CCN(C2=CC=CC4C=CC=C(C)C24C)C3)C[C@H]1C. The zero-order valence-corrected chi connectivity index (χ0v) is 27.7. The highest BCUT2D eigenvalue weighted by atomic mass is 16.2. The Morgan fingerprint density at radius 3 is 2.40 bits per heavy atom. The van der Waals surface area contributed by atoms with E-state index in [1.807, 2.05) is 9.80 Å². The third-order valence-corrected chi connectivity index (χ3v) is 10.8. The van der Waals surface area contributed by atoms with E-state index in [0.29, 0.717) is 44.5 Å². The Hall–Kier alpha value is -3.72. The fourth-order valence-corrected chi connectivity index (χ4v) is 7.88. The summed E-state index contributed by atoms with van der Waals surface area (Å²) in [6, 6.07) is 0.0306. The van der Waals surface area contributed by atoms with Crippen molar-refractivity contribution in [2.45, 2.75) is 65.6 Å². The van der Waals surface area contributed by atoms with Gasteiger partial charge in [0.1, 0.15) is 5.82 Å². The van der Waals surface area contributed by atoms with Gasteiger partial charge in [-0.1, -0.05) is 42.5 Å². The summed E-state index contributed by atoms with van der Waals surface area (Å²) in [6.07, 6.45) is 17.5. The average Bonchev–Trinajstić information content (AvgIpc) is 3.02. The van der Waals surface area contributed by atoms with Crippen LogP contribution in [0, 0.1) is 11.3 Å². The van der Waals surface area contributed by atoms with E-state index in [9.17, 15) is 9.59 Å². The summed E-state index contributed by atoms with van der Waals surface area (Å²) < 4.78 is 0. The van der Waals surface area contributed by atoms with Gasteiger partial charge in [0.15, 0.2) is 0 Å². The van der Waals surface area contributed by atoms with E-state index in [1.165, 1.54) is 17.3 Å². The molecule has 3 aliphatic heterocycles. The van der Waals surface area contributed by atoms with Crippen LogP contribution in [0.25, 0.3) is 0 Å². The lowest BCUT2D eigenvalue weighted by molar-refractivity contribution is -0.128. The Bertz CT molecular complexity index is 1470. The predicted molar refractivity (Wildman–Crippen MR) is 179 cm³/mol. The summed E-state index contributed by atoms with van der Waals surface area (Å²) in [4.78, 5) is 47.8. The van der Waals surface area contributed by atoms with Crippen LogP contribution in [0.15, 0.2) is 60.4 Å². The standard InChI is InChI=1S/C36H49N7O2/c1-7-32(44)42-22-27(4)43(23-26(42)3)34-29-16-21-41(31-15-9-14-28-13-8-12-25(2)36(28,31)5)24-30(29)37-33(38-34)35(45)40-19-10-17-39(6)18-11-20-40/h7-9,12-15,26-28H,1,10-11,16-24H2,2-6H3/t26-,27+,28?,36?/m1/s1.